The third-order valence-corrected chi connectivity index (χ3v) is 5.17. The van der Waals surface area contributed by atoms with Crippen LogP contribution in [0.4, 0.5) is 13.2 Å². The van der Waals surface area contributed by atoms with Gasteiger partial charge in [0.1, 0.15) is 23.9 Å². The number of hydrogen-bond acceptors (Lipinski definition) is 4. The molecule has 146 valence electrons. The molecule has 0 fully saturated rings. The molecule has 28 heavy (non-hydrogen) atoms. The van der Waals surface area contributed by atoms with Crippen LogP contribution < -0.4 is 10.1 Å². The summed E-state index contributed by atoms with van der Waals surface area (Å²) in [6, 6.07) is 6.96. The smallest absolute Gasteiger partial charge is 0.393 e. The topological polar surface area (TPSA) is 79.9 Å². The predicted molar refractivity (Wildman–Crippen MR) is 91.7 cm³/mol. The van der Waals surface area contributed by atoms with Crippen molar-refractivity contribution in [3.05, 3.63) is 47.0 Å². The number of hydrogen-bond donors (Lipinski definition) is 1. The Labute approximate surface area is 158 Å². The van der Waals surface area contributed by atoms with Crippen LogP contribution in [-0.2, 0) is 19.4 Å². The molecule has 6 nitrogen and oxygen atoms in total. The van der Waals surface area contributed by atoms with Crippen LogP contribution in [0.3, 0.4) is 0 Å². The van der Waals surface area contributed by atoms with Crippen molar-refractivity contribution in [3.8, 4) is 11.8 Å². The fourth-order valence-electron chi connectivity index (χ4n) is 3.68. The van der Waals surface area contributed by atoms with E-state index in [0.717, 1.165) is 5.56 Å². The van der Waals surface area contributed by atoms with Gasteiger partial charge in [-0.2, -0.15) is 18.4 Å². The molecule has 2 aromatic rings. The van der Waals surface area contributed by atoms with Crippen LogP contribution in [0.25, 0.3) is 0 Å². The van der Waals surface area contributed by atoms with Gasteiger partial charge in [-0.3, -0.25) is 4.79 Å². The van der Waals surface area contributed by atoms with Gasteiger partial charge >= 0.3 is 6.18 Å². The van der Waals surface area contributed by atoms with Gasteiger partial charge in [0.25, 0.3) is 5.91 Å². The minimum Gasteiger partial charge on any atom is -0.491 e. The fraction of sp³-hybridized carbons (Fsp3) is 0.421. The highest BCUT2D eigenvalue weighted by atomic mass is 19.4. The van der Waals surface area contributed by atoms with E-state index in [1.54, 1.807) is 18.2 Å². The number of rotatable bonds is 2. The first-order valence-corrected chi connectivity index (χ1v) is 8.93. The number of fused-ring (bicyclic) bond motifs is 2. The normalized spacial score (nSPS) is 21.1. The molecule has 0 saturated heterocycles. The van der Waals surface area contributed by atoms with Gasteiger partial charge in [0, 0.05) is 31.1 Å². The van der Waals surface area contributed by atoms with Crippen LogP contribution in [0.5, 0.6) is 5.75 Å². The first-order valence-electron chi connectivity index (χ1n) is 8.93. The molecule has 1 aromatic carbocycles. The third kappa shape index (κ3) is 3.42. The molecular formula is C19H17F3N4O2. The molecule has 0 bridgehead atoms. The number of carbonyl (C=O) groups is 1. The predicted octanol–water partition coefficient (Wildman–Crippen LogP) is 2.61. The number of alkyl halides is 3. The summed E-state index contributed by atoms with van der Waals surface area (Å²) in [6.45, 7) is 0.0297. The summed E-state index contributed by atoms with van der Waals surface area (Å²) < 4.78 is 45.9. The Bertz CT molecular complexity index is 961. The number of aromatic nitrogens is 2. The van der Waals surface area contributed by atoms with Crippen molar-refractivity contribution in [2.75, 3.05) is 6.61 Å². The Kier molecular flexibility index (Phi) is 4.49. The van der Waals surface area contributed by atoms with Crippen molar-refractivity contribution in [2.24, 2.45) is 5.92 Å². The van der Waals surface area contributed by atoms with Gasteiger partial charge < -0.3 is 14.6 Å². The quantitative estimate of drug-likeness (QED) is 0.855. The molecular weight excluding hydrogens is 373 g/mol. The molecule has 4 rings (SSSR count). The van der Waals surface area contributed by atoms with Crippen LogP contribution in [0.15, 0.2) is 24.4 Å². The molecule has 1 N–H and O–H groups in total. The number of benzene rings is 1. The van der Waals surface area contributed by atoms with Crippen molar-refractivity contribution in [2.45, 2.75) is 38.0 Å². The van der Waals surface area contributed by atoms with Crippen LogP contribution in [-0.4, -0.2) is 34.3 Å². The highest BCUT2D eigenvalue weighted by Crippen LogP contribution is 2.34. The van der Waals surface area contributed by atoms with Crippen molar-refractivity contribution < 1.29 is 22.7 Å². The lowest BCUT2D eigenvalue weighted by Crippen LogP contribution is -2.43. The summed E-state index contributed by atoms with van der Waals surface area (Å²) in [4.78, 5) is 16.7. The molecule has 2 aliphatic rings. The van der Waals surface area contributed by atoms with Crippen molar-refractivity contribution in [1.82, 2.24) is 14.9 Å². The van der Waals surface area contributed by atoms with Gasteiger partial charge in [-0.1, -0.05) is 6.07 Å². The van der Waals surface area contributed by atoms with E-state index in [0.29, 0.717) is 23.6 Å². The van der Waals surface area contributed by atoms with E-state index in [-0.39, 0.29) is 37.7 Å². The van der Waals surface area contributed by atoms with Gasteiger partial charge in [0.05, 0.1) is 23.6 Å². The van der Waals surface area contributed by atoms with Crippen LogP contribution in [0, 0.1) is 17.2 Å². The molecule has 0 radical (unpaired) electrons. The Morgan fingerprint density at radius 1 is 1.39 bits per heavy atom. The zero-order valence-electron chi connectivity index (χ0n) is 14.8. The lowest BCUT2D eigenvalue weighted by Gasteiger charge is -2.26. The summed E-state index contributed by atoms with van der Waals surface area (Å²) in [5.74, 6) is -0.766. The fourth-order valence-corrected chi connectivity index (χ4v) is 3.68. The maximum absolute atomic E-state index is 12.9. The molecule has 0 saturated carbocycles. The zero-order valence-corrected chi connectivity index (χ0v) is 14.8. The zero-order chi connectivity index (χ0) is 19.9. The summed E-state index contributed by atoms with van der Waals surface area (Å²) in [7, 11) is 0. The van der Waals surface area contributed by atoms with Crippen molar-refractivity contribution in [3.63, 3.8) is 0 Å². The standard InChI is InChI=1S/C19H17F3N4O2/c20-19(21,22)12-4-5-17-25-15(9-26(17)8-12)18(27)24-13-6-14-11(7-23)2-1-3-16(14)28-10-13/h1-3,9,12-13H,4-6,8,10H2,(H,24,27). The Hall–Kier alpha value is -3.02. The van der Waals surface area contributed by atoms with Gasteiger partial charge in [-0.05, 0) is 18.6 Å². The highest BCUT2D eigenvalue weighted by molar-refractivity contribution is 5.92. The van der Waals surface area contributed by atoms with E-state index in [2.05, 4.69) is 16.4 Å². The Morgan fingerprint density at radius 3 is 2.96 bits per heavy atom. The number of nitriles is 1. The number of amides is 1. The van der Waals surface area contributed by atoms with E-state index in [4.69, 9.17) is 4.74 Å². The molecule has 9 heteroatoms. The van der Waals surface area contributed by atoms with Gasteiger partial charge in [-0.15, -0.1) is 0 Å². The summed E-state index contributed by atoms with van der Waals surface area (Å²) >= 11 is 0. The molecule has 0 aliphatic carbocycles. The van der Waals surface area contributed by atoms with E-state index in [1.165, 1.54) is 10.8 Å². The molecule has 0 spiro atoms. The number of nitrogens with one attached hydrogen (secondary N) is 1. The summed E-state index contributed by atoms with van der Waals surface area (Å²) in [5.41, 5.74) is 1.32. The lowest BCUT2D eigenvalue weighted by atomic mass is 9.98. The second-order valence-corrected chi connectivity index (χ2v) is 7.05. The van der Waals surface area contributed by atoms with Crippen LogP contribution in [0.1, 0.15) is 33.9 Å². The maximum Gasteiger partial charge on any atom is 0.393 e. The second-order valence-electron chi connectivity index (χ2n) is 7.05. The summed E-state index contributed by atoms with van der Waals surface area (Å²) in [5, 5.41) is 12.0. The van der Waals surface area contributed by atoms with Crippen LogP contribution >= 0.6 is 0 Å². The number of aryl methyl sites for hydroxylation is 1. The Balaban J connectivity index is 1.46. The van der Waals surface area contributed by atoms with E-state index in [1.807, 2.05) is 0 Å². The van der Waals surface area contributed by atoms with Gasteiger partial charge in [-0.25, -0.2) is 4.98 Å². The van der Waals surface area contributed by atoms with Gasteiger partial charge in [0.15, 0.2) is 0 Å². The van der Waals surface area contributed by atoms with E-state index < -0.39 is 18.0 Å². The SMILES string of the molecule is N#Cc1cccc2c1CC(NC(=O)c1cn3c(n1)CCC(C(F)(F)F)C3)CO2. The van der Waals surface area contributed by atoms with Crippen molar-refractivity contribution >= 4 is 5.91 Å². The lowest BCUT2D eigenvalue weighted by molar-refractivity contribution is -0.182. The molecule has 3 heterocycles. The summed E-state index contributed by atoms with van der Waals surface area (Å²) in [6.07, 6.45) is -2.28. The van der Waals surface area contributed by atoms with E-state index in [9.17, 15) is 23.2 Å². The molecule has 2 atom stereocenters. The van der Waals surface area contributed by atoms with Crippen LogP contribution in [0.2, 0.25) is 0 Å². The number of nitrogens with zero attached hydrogens (tertiary/aromatic N) is 3. The molecule has 1 amide bonds. The second kappa shape index (κ2) is 6.86. The number of ether oxygens (including phenoxy) is 1. The highest BCUT2D eigenvalue weighted by Gasteiger charge is 2.41. The number of carbonyl (C=O) groups excluding carboxylic acids is 1. The third-order valence-electron chi connectivity index (χ3n) is 5.17. The van der Waals surface area contributed by atoms with E-state index >= 15 is 0 Å². The minimum absolute atomic E-state index is 0.0221. The first-order chi connectivity index (χ1) is 13.3. The molecule has 2 aliphatic heterocycles. The minimum atomic E-state index is -4.25. The van der Waals surface area contributed by atoms with Gasteiger partial charge in [0.2, 0.25) is 0 Å². The monoisotopic (exact) mass is 390 g/mol. The average molecular weight is 390 g/mol. The Morgan fingerprint density at radius 2 is 2.21 bits per heavy atom. The first kappa shape index (κ1) is 18.3. The number of halogens is 3. The maximum atomic E-state index is 12.9. The molecule has 2 unspecified atom stereocenters. The average Bonchev–Trinajstić information content (AvgIpc) is 3.10. The largest absolute Gasteiger partial charge is 0.491 e. The van der Waals surface area contributed by atoms with Crippen molar-refractivity contribution in [1.29, 1.82) is 5.26 Å². The number of imidazole rings is 1. The molecule has 1 aromatic heterocycles.